The van der Waals surface area contributed by atoms with Crippen molar-refractivity contribution in [2.75, 3.05) is 24.6 Å². The van der Waals surface area contributed by atoms with Gasteiger partial charge < -0.3 is 25.7 Å². The van der Waals surface area contributed by atoms with Crippen LogP contribution in [0.15, 0.2) is 315 Å². The number of rotatable bonds is 14. The SMILES string of the molecule is [Au+].[Au+].[Au+].[Au+].[C-]#Cc1ccc2c(c1)-c1cc(C#[C-])ccc1[Si]2(C)C.[C-]#Cc1ccc2c(c1)-c1cc(C#[C-])ccc1[Si]2(C)C.c1ccc([PH+](CC[PH+](c2ccccc2)c2ccccc2)c2ccccc2)cc1.c1ccc([PH+](CC[PH+](c2ccccc2)c2ccccc2)c2ccccc2)cc1. The number of fused-ring (bicyclic) bond motifs is 6. The summed E-state index contributed by atoms with van der Waals surface area (Å²) >= 11 is 0. The third-order valence-corrected chi connectivity index (χ3v) is 37.5. The molecular weight excluding hydrogens is 2020 g/mol. The van der Waals surface area contributed by atoms with Crippen LogP contribution >= 0.6 is 31.7 Å². The summed E-state index contributed by atoms with van der Waals surface area (Å²) in [5.74, 6) is 9.82. The molecule has 496 valence electrons. The van der Waals surface area contributed by atoms with E-state index in [1.807, 2.05) is 48.5 Å². The molecule has 0 atom stereocenters. The Morgan fingerprint density at radius 1 is 0.224 bits per heavy atom. The minimum atomic E-state index is -1.63. The first-order valence-electron chi connectivity index (χ1n) is 32.2. The summed E-state index contributed by atoms with van der Waals surface area (Å²) in [6.07, 6.45) is 34.2. The molecule has 0 bridgehead atoms. The largest absolute Gasteiger partial charge is 1.00 e. The molecule has 0 saturated carbocycles. The first kappa shape index (κ1) is 79.3. The van der Waals surface area contributed by atoms with Crippen LogP contribution in [0.4, 0.5) is 0 Å². The second kappa shape index (κ2) is 38.7. The van der Waals surface area contributed by atoms with Crippen LogP contribution in [-0.4, -0.2) is 40.8 Å². The van der Waals surface area contributed by atoms with Crippen molar-refractivity contribution < 1.29 is 89.5 Å². The summed E-state index contributed by atoms with van der Waals surface area (Å²) in [5.41, 5.74) is 8.06. The summed E-state index contributed by atoms with van der Waals surface area (Å²) in [5, 5.41) is 17.7. The smallest absolute Gasteiger partial charge is 0.366 e. The van der Waals surface area contributed by atoms with Gasteiger partial charge in [0, 0.05) is 0 Å². The number of hydrogen-bond acceptors (Lipinski definition) is 0. The Labute approximate surface area is 653 Å². The van der Waals surface area contributed by atoms with Gasteiger partial charge in [0.1, 0.15) is 40.8 Å². The van der Waals surface area contributed by atoms with Crippen molar-refractivity contribution in [1.29, 1.82) is 0 Å². The fourth-order valence-corrected chi connectivity index (χ4v) is 31.8. The molecule has 14 rings (SSSR count). The van der Waals surface area contributed by atoms with Gasteiger partial charge in [-0.2, -0.15) is 0 Å². The van der Waals surface area contributed by atoms with Crippen molar-refractivity contribution in [3.05, 3.63) is 363 Å². The molecule has 0 aromatic heterocycles. The maximum atomic E-state index is 7.29. The molecule has 0 saturated heterocycles. The van der Waals surface area contributed by atoms with Gasteiger partial charge in [0.15, 0.2) is 0 Å². The van der Waals surface area contributed by atoms with Gasteiger partial charge in [-0.1, -0.05) is 196 Å². The van der Waals surface area contributed by atoms with Crippen LogP contribution in [0, 0.1) is 49.4 Å². The van der Waals surface area contributed by atoms with Gasteiger partial charge in [-0.05, 0) is 140 Å². The maximum absolute atomic E-state index is 7.29. The molecule has 12 aromatic carbocycles. The first-order valence-corrected chi connectivity index (χ1v) is 45.0. The van der Waals surface area contributed by atoms with Crippen molar-refractivity contribution >= 4 is 111 Å². The zero-order valence-corrected chi connectivity index (χ0v) is 69.7. The summed E-state index contributed by atoms with van der Waals surface area (Å²) in [4.78, 5) is 0. The molecule has 0 amide bonds. The van der Waals surface area contributed by atoms with Crippen LogP contribution in [0.2, 0.25) is 26.2 Å². The average Bonchev–Trinajstić information content (AvgIpc) is 1.59. The normalized spacial score (nSPS) is 11.8. The molecule has 0 unspecified atom stereocenters. The second-order valence-corrected chi connectivity index (χ2v) is 43.7. The fraction of sp³-hybridized carbons (Fsp3) is 0.0909. The third kappa shape index (κ3) is 19.3. The van der Waals surface area contributed by atoms with Crippen molar-refractivity contribution in [3.8, 4) is 45.9 Å². The Morgan fingerprint density at radius 2 is 0.367 bits per heavy atom. The minimum absolute atomic E-state index is 0. The quantitative estimate of drug-likeness (QED) is 0.0441. The van der Waals surface area contributed by atoms with Gasteiger partial charge in [-0.15, -0.1) is 70.8 Å². The van der Waals surface area contributed by atoms with E-state index in [9.17, 15) is 0 Å². The van der Waals surface area contributed by atoms with E-state index in [-0.39, 0.29) is 89.5 Å². The van der Waals surface area contributed by atoms with Gasteiger partial charge in [-0.3, -0.25) is 23.7 Å². The van der Waals surface area contributed by atoms with Crippen molar-refractivity contribution in [2.45, 2.75) is 26.2 Å². The zero-order valence-electron chi connectivity index (χ0n) is 55.1. The van der Waals surface area contributed by atoms with E-state index >= 15 is 0 Å². The van der Waals surface area contributed by atoms with Gasteiger partial charge in [0.05, 0.1) is 74.1 Å². The van der Waals surface area contributed by atoms with Gasteiger partial charge in [0.25, 0.3) is 0 Å². The Balaban J connectivity index is 0.000000184. The molecule has 0 aliphatic carbocycles. The van der Waals surface area contributed by atoms with Crippen molar-refractivity contribution in [1.82, 2.24) is 0 Å². The van der Waals surface area contributed by atoms with Crippen molar-refractivity contribution in [3.63, 3.8) is 0 Å². The van der Waals surface area contributed by atoms with E-state index in [0.717, 1.165) is 22.3 Å². The third-order valence-electron chi connectivity index (χ3n) is 18.2. The molecule has 12 aromatic rings. The number of benzene rings is 12. The van der Waals surface area contributed by atoms with Gasteiger partial charge >= 0.3 is 89.5 Å². The minimum Gasteiger partial charge on any atom is -0.366 e. The standard InChI is InChI=1S/2C26H24P2.2C18H12Si.4Au/c2*1-5-13-23(14-6-1)27(24-15-7-2-8-16-24)21-22-28(25-17-9-3-10-18-25)26-19-11-4-12-20-26;2*1-5-13-7-9-17-15(11-13)16-12-14(6-2)8-10-18(16)19(17,3)4;;;;/h2*1-20H,21-22H2;2*7-12H,3-4H3;;;;/q;;2*-2;4*+1/p+4. The van der Waals surface area contributed by atoms with Crippen molar-refractivity contribution in [2.24, 2.45) is 0 Å². The average molecular weight is 2100 g/mol. The van der Waals surface area contributed by atoms with E-state index in [1.165, 1.54) is 110 Å². The van der Waals surface area contributed by atoms with Crippen LogP contribution in [0.1, 0.15) is 22.3 Å². The van der Waals surface area contributed by atoms with E-state index in [2.05, 4.69) is 317 Å². The summed E-state index contributed by atoms with van der Waals surface area (Å²) in [6, 6.07) is 114. The van der Waals surface area contributed by atoms with E-state index in [4.69, 9.17) is 25.7 Å². The molecular formula is C88H76Au4P4Si2+4. The maximum Gasteiger partial charge on any atom is 1.00 e. The summed E-state index contributed by atoms with van der Waals surface area (Å²) in [7, 11) is -6.40. The Hall–Kier alpha value is -6.01. The molecule has 2 aliphatic rings. The van der Waals surface area contributed by atoms with E-state index in [0.29, 0.717) is 0 Å². The second-order valence-electron chi connectivity index (χ2n) is 24.6. The van der Waals surface area contributed by atoms with Crippen LogP contribution in [0.5, 0.6) is 0 Å². The molecule has 2 heterocycles. The molecule has 2 aliphatic heterocycles. The molecule has 0 spiro atoms. The molecule has 0 fully saturated rings. The molecule has 98 heavy (non-hydrogen) atoms. The Morgan fingerprint density at radius 3 is 0.500 bits per heavy atom. The van der Waals surface area contributed by atoms with Crippen LogP contribution in [-0.2, 0) is 89.5 Å². The van der Waals surface area contributed by atoms with E-state index < -0.39 is 47.8 Å². The summed E-state index contributed by atoms with van der Waals surface area (Å²) < 4.78 is 0. The fourth-order valence-electron chi connectivity index (χ4n) is 13.3. The number of hydrogen-bond donors (Lipinski definition) is 0. The Bertz CT molecular complexity index is 3920. The molecule has 0 radical (unpaired) electrons. The monoisotopic (exact) mass is 2100 g/mol. The van der Waals surface area contributed by atoms with Gasteiger partial charge in [-0.25, -0.2) is 0 Å². The van der Waals surface area contributed by atoms with Crippen LogP contribution < -0.4 is 63.2 Å². The molecule has 10 heteroatoms. The van der Waals surface area contributed by atoms with Gasteiger partial charge in [0.2, 0.25) is 0 Å². The molecule has 0 N–H and O–H groups in total. The summed E-state index contributed by atoms with van der Waals surface area (Å²) in [6.45, 7) is 9.39. The first-order chi connectivity index (χ1) is 46.0. The van der Waals surface area contributed by atoms with Crippen LogP contribution in [0.3, 0.4) is 0 Å². The van der Waals surface area contributed by atoms with Crippen LogP contribution in [0.25, 0.3) is 22.3 Å². The topological polar surface area (TPSA) is 0 Å². The van der Waals surface area contributed by atoms with E-state index in [1.54, 1.807) is 0 Å². The predicted octanol–water partition coefficient (Wildman–Crippen LogP) is 14.2. The zero-order chi connectivity index (χ0) is 65.3. The predicted molar refractivity (Wildman–Crippen MR) is 424 cm³/mol. The Kier molecular flexibility index (Phi) is 31.3. The molecule has 0 nitrogen and oxygen atoms in total.